The van der Waals surface area contributed by atoms with Crippen LogP contribution in [0.4, 0.5) is 22.7 Å². The van der Waals surface area contributed by atoms with E-state index in [9.17, 15) is 0 Å². The van der Waals surface area contributed by atoms with E-state index < -0.39 is 0 Å². The van der Waals surface area contributed by atoms with Crippen molar-refractivity contribution in [2.45, 2.75) is 7.43 Å². The summed E-state index contributed by atoms with van der Waals surface area (Å²) in [5.74, 6) is 4.18. The molecule has 0 spiro atoms. The van der Waals surface area contributed by atoms with Crippen LogP contribution in [-0.2, 0) is 0 Å². The average molecular weight is 509 g/mol. The molecule has 0 atom stereocenters. The van der Waals surface area contributed by atoms with Crippen LogP contribution >= 0.6 is 0 Å². The number of hydrogen-bond donors (Lipinski definition) is 4. The van der Waals surface area contributed by atoms with Crippen molar-refractivity contribution in [3.8, 4) is 34.5 Å². The van der Waals surface area contributed by atoms with Crippen LogP contribution < -0.4 is 37.1 Å². The topological polar surface area (TPSA) is 132 Å². The number of hydrogen-bond acceptors (Lipinski definition) is 7. The summed E-state index contributed by atoms with van der Waals surface area (Å²) >= 11 is 0. The fourth-order valence-corrected chi connectivity index (χ4v) is 3.28. The molecule has 0 amide bonds. The van der Waals surface area contributed by atoms with Gasteiger partial charge in [-0.25, -0.2) is 0 Å². The van der Waals surface area contributed by atoms with Crippen molar-refractivity contribution < 1.29 is 14.2 Å². The minimum atomic E-state index is 0. The Morgan fingerprint density at radius 3 is 1.00 bits per heavy atom. The van der Waals surface area contributed by atoms with E-state index in [1.165, 1.54) is 0 Å². The zero-order valence-corrected chi connectivity index (χ0v) is 20.1. The molecule has 5 aromatic rings. The van der Waals surface area contributed by atoms with E-state index in [-0.39, 0.29) is 7.43 Å². The Morgan fingerprint density at radius 2 is 0.632 bits per heavy atom. The highest BCUT2D eigenvalue weighted by molar-refractivity contribution is 5.49. The van der Waals surface area contributed by atoms with Crippen LogP contribution in [0.5, 0.6) is 34.5 Å². The minimum Gasteiger partial charge on any atom is -0.457 e. The molecule has 0 aliphatic rings. The Kier molecular flexibility index (Phi) is 9.43. The molecular formula is C31H32N4O3. The third kappa shape index (κ3) is 8.42. The molecule has 0 heterocycles. The zero-order chi connectivity index (χ0) is 26.0. The molecular weight excluding hydrogens is 476 g/mol. The highest BCUT2D eigenvalue weighted by Crippen LogP contribution is 2.29. The van der Waals surface area contributed by atoms with Gasteiger partial charge in [0.25, 0.3) is 0 Å². The van der Waals surface area contributed by atoms with Gasteiger partial charge in [-0.1, -0.05) is 31.7 Å². The fraction of sp³-hybridized carbons (Fsp3) is 0.0323. The predicted molar refractivity (Wildman–Crippen MR) is 157 cm³/mol. The summed E-state index contributed by atoms with van der Waals surface area (Å²) < 4.78 is 17.1. The van der Waals surface area contributed by atoms with Gasteiger partial charge in [0.05, 0.1) is 0 Å². The molecule has 0 unspecified atom stereocenters. The lowest BCUT2D eigenvalue weighted by atomic mass is 10.3. The van der Waals surface area contributed by atoms with Gasteiger partial charge in [-0.05, 0) is 72.8 Å². The van der Waals surface area contributed by atoms with E-state index in [2.05, 4.69) is 0 Å². The molecule has 0 saturated carbocycles. The Labute approximate surface area is 223 Å². The summed E-state index contributed by atoms with van der Waals surface area (Å²) in [6.07, 6.45) is 0. The standard InChI is InChI=1S/C18H16N2O2.C12H12N2O.CH4/c19-13-4-1-6-15(10-13)21-17-8-3-9-18(12-17)22-16-7-2-5-14(20)11-16;13-9-4-6-11(7-5-9)15-12-3-1-2-10(14)8-12;/h1-12H,19-20H2;1-8H,13-14H2;1H4. The summed E-state index contributed by atoms with van der Waals surface area (Å²) in [7, 11) is 0. The predicted octanol–water partition coefficient (Wildman–Crippen LogP) is 7.72. The molecule has 194 valence electrons. The van der Waals surface area contributed by atoms with Gasteiger partial charge >= 0.3 is 0 Å². The van der Waals surface area contributed by atoms with E-state index in [1.54, 1.807) is 30.3 Å². The molecule has 0 aliphatic carbocycles. The summed E-state index contributed by atoms with van der Waals surface area (Å²) in [6, 6.07) is 36.5. The van der Waals surface area contributed by atoms with Gasteiger partial charge in [0.2, 0.25) is 0 Å². The molecule has 0 aromatic heterocycles. The quantitative estimate of drug-likeness (QED) is 0.173. The molecule has 0 saturated heterocycles. The third-order valence-corrected chi connectivity index (χ3v) is 4.97. The van der Waals surface area contributed by atoms with Gasteiger partial charge in [0.15, 0.2) is 0 Å². The Hall–Kier alpha value is -5.30. The lowest BCUT2D eigenvalue weighted by molar-refractivity contribution is 0.460. The van der Waals surface area contributed by atoms with Crippen molar-refractivity contribution >= 4 is 22.7 Å². The molecule has 7 nitrogen and oxygen atoms in total. The van der Waals surface area contributed by atoms with Gasteiger partial charge in [-0.15, -0.1) is 0 Å². The Balaban J connectivity index is 0.000000220. The monoisotopic (exact) mass is 508 g/mol. The molecule has 5 aromatic carbocycles. The first-order valence-corrected chi connectivity index (χ1v) is 11.5. The largest absolute Gasteiger partial charge is 0.457 e. The molecule has 0 fully saturated rings. The second-order valence-corrected chi connectivity index (χ2v) is 8.07. The SMILES string of the molecule is C.Nc1ccc(Oc2cccc(N)c2)cc1.Nc1cccc(Oc2cccc(Oc3cccc(N)c3)c2)c1. The van der Waals surface area contributed by atoms with E-state index in [1.807, 2.05) is 91.0 Å². The van der Waals surface area contributed by atoms with Gasteiger partial charge in [-0.2, -0.15) is 0 Å². The van der Waals surface area contributed by atoms with Crippen molar-refractivity contribution in [3.05, 3.63) is 121 Å². The summed E-state index contributed by atoms with van der Waals surface area (Å²) in [4.78, 5) is 0. The molecule has 7 heteroatoms. The van der Waals surface area contributed by atoms with Crippen molar-refractivity contribution in [2.75, 3.05) is 22.9 Å². The number of ether oxygens (including phenoxy) is 3. The fourth-order valence-electron chi connectivity index (χ4n) is 3.28. The van der Waals surface area contributed by atoms with Crippen LogP contribution in [0.1, 0.15) is 7.43 Å². The first kappa shape index (κ1) is 27.3. The minimum absolute atomic E-state index is 0. The number of nitrogen functional groups attached to an aromatic ring is 4. The van der Waals surface area contributed by atoms with Crippen LogP contribution in [0.15, 0.2) is 121 Å². The number of anilines is 4. The smallest absolute Gasteiger partial charge is 0.131 e. The lowest BCUT2D eigenvalue weighted by Gasteiger charge is -2.09. The molecule has 8 N–H and O–H groups in total. The molecule has 0 bridgehead atoms. The first-order chi connectivity index (χ1) is 17.9. The van der Waals surface area contributed by atoms with Crippen molar-refractivity contribution in [1.82, 2.24) is 0 Å². The maximum atomic E-state index is 5.78. The maximum Gasteiger partial charge on any atom is 0.131 e. The molecule has 0 aliphatic heterocycles. The number of nitrogens with two attached hydrogens (primary N) is 4. The van der Waals surface area contributed by atoms with Crippen LogP contribution in [0.3, 0.4) is 0 Å². The highest BCUT2D eigenvalue weighted by atomic mass is 16.5. The van der Waals surface area contributed by atoms with E-state index in [0.29, 0.717) is 40.1 Å². The van der Waals surface area contributed by atoms with Gasteiger partial charge < -0.3 is 37.1 Å². The third-order valence-electron chi connectivity index (χ3n) is 4.97. The Morgan fingerprint density at radius 1 is 0.316 bits per heavy atom. The first-order valence-electron chi connectivity index (χ1n) is 11.5. The summed E-state index contributed by atoms with van der Waals surface area (Å²) in [5, 5.41) is 0. The highest BCUT2D eigenvalue weighted by Gasteiger charge is 2.02. The van der Waals surface area contributed by atoms with Crippen LogP contribution in [0.2, 0.25) is 0 Å². The van der Waals surface area contributed by atoms with E-state index in [4.69, 9.17) is 37.1 Å². The van der Waals surface area contributed by atoms with Crippen molar-refractivity contribution in [3.63, 3.8) is 0 Å². The summed E-state index contributed by atoms with van der Waals surface area (Å²) in [5.41, 5.74) is 25.4. The van der Waals surface area contributed by atoms with E-state index >= 15 is 0 Å². The zero-order valence-electron chi connectivity index (χ0n) is 20.1. The van der Waals surface area contributed by atoms with Gasteiger partial charge in [0.1, 0.15) is 34.5 Å². The molecule has 5 rings (SSSR count). The van der Waals surface area contributed by atoms with Crippen LogP contribution in [-0.4, -0.2) is 0 Å². The van der Waals surface area contributed by atoms with Crippen LogP contribution in [0.25, 0.3) is 0 Å². The number of rotatable bonds is 6. The lowest BCUT2D eigenvalue weighted by Crippen LogP contribution is -1.90. The Bertz CT molecular complexity index is 1390. The summed E-state index contributed by atoms with van der Waals surface area (Å²) in [6.45, 7) is 0. The van der Waals surface area contributed by atoms with E-state index in [0.717, 1.165) is 17.2 Å². The maximum absolute atomic E-state index is 5.78. The molecule has 38 heavy (non-hydrogen) atoms. The normalized spacial score (nSPS) is 9.79. The van der Waals surface area contributed by atoms with Crippen molar-refractivity contribution in [2.24, 2.45) is 0 Å². The average Bonchev–Trinajstić information content (AvgIpc) is 2.86. The van der Waals surface area contributed by atoms with Crippen LogP contribution in [0, 0.1) is 0 Å². The second kappa shape index (κ2) is 13.1. The number of benzene rings is 5. The van der Waals surface area contributed by atoms with Gasteiger partial charge in [-0.3, -0.25) is 0 Å². The second-order valence-electron chi connectivity index (χ2n) is 8.07. The van der Waals surface area contributed by atoms with Gasteiger partial charge in [0, 0.05) is 47.0 Å². The van der Waals surface area contributed by atoms with Crippen molar-refractivity contribution in [1.29, 1.82) is 0 Å². The molecule has 0 radical (unpaired) electrons.